The maximum atomic E-state index is 11.2. The van der Waals surface area contributed by atoms with E-state index in [1.54, 1.807) is 7.11 Å². The van der Waals surface area contributed by atoms with E-state index in [1.165, 1.54) is 7.11 Å². The smallest absolute Gasteiger partial charge is 0.305 e. The molecule has 0 bridgehead atoms. The van der Waals surface area contributed by atoms with E-state index >= 15 is 0 Å². The number of fused-ring (bicyclic) bond motifs is 1. The fraction of sp³-hybridized carbons (Fsp3) is 0.375. The summed E-state index contributed by atoms with van der Waals surface area (Å²) in [5.74, 6) is 2.13. The summed E-state index contributed by atoms with van der Waals surface area (Å²) in [6.07, 6.45) is 4.37. The minimum atomic E-state index is -0.142. The molecule has 3 rings (SSSR count). The summed E-state index contributed by atoms with van der Waals surface area (Å²) in [5.41, 5.74) is 1.91. The number of rotatable bonds is 11. The Morgan fingerprint density at radius 1 is 0.968 bits per heavy atom. The number of esters is 1. The monoisotopic (exact) mass is 422 g/mol. The van der Waals surface area contributed by atoms with Crippen molar-refractivity contribution >= 4 is 34.3 Å². The molecule has 31 heavy (non-hydrogen) atoms. The standard InChI is InChI=1S/C24H30N4O3/c1-28(18-13-15-19(30-2)16-14-18)23-20-10-7-8-11-21(20)26-24(27-23)25-17-9-5-4-6-12-22(29)31-3/h7-8,10-11,13-16H,4-6,9,12,17H2,1-3H3,(H,25,26,27). The second kappa shape index (κ2) is 11.2. The van der Waals surface area contributed by atoms with Gasteiger partial charge in [-0.15, -0.1) is 0 Å². The van der Waals surface area contributed by atoms with Crippen LogP contribution in [0.25, 0.3) is 10.9 Å². The first kappa shape index (κ1) is 22.3. The SMILES string of the molecule is COC(=O)CCCCCCNc1nc(N(C)c2ccc(OC)cc2)c2ccccc2n1. The van der Waals surface area contributed by atoms with E-state index in [0.717, 1.165) is 60.4 Å². The number of nitrogens with zero attached hydrogens (tertiary/aromatic N) is 3. The van der Waals surface area contributed by atoms with Crippen molar-refractivity contribution < 1.29 is 14.3 Å². The Kier molecular flexibility index (Phi) is 8.04. The molecule has 0 unspecified atom stereocenters. The summed E-state index contributed by atoms with van der Waals surface area (Å²) in [5, 5.41) is 4.35. The first-order valence-corrected chi connectivity index (χ1v) is 10.6. The summed E-state index contributed by atoms with van der Waals surface area (Å²) in [6, 6.07) is 15.9. The molecule has 0 amide bonds. The number of hydrogen-bond acceptors (Lipinski definition) is 7. The number of methoxy groups -OCH3 is 2. The molecule has 1 heterocycles. The van der Waals surface area contributed by atoms with Gasteiger partial charge in [0.25, 0.3) is 0 Å². The Morgan fingerprint density at radius 3 is 2.45 bits per heavy atom. The maximum absolute atomic E-state index is 11.2. The summed E-state index contributed by atoms with van der Waals surface area (Å²) in [6.45, 7) is 0.780. The van der Waals surface area contributed by atoms with E-state index in [0.29, 0.717) is 12.4 Å². The zero-order valence-electron chi connectivity index (χ0n) is 18.4. The van der Waals surface area contributed by atoms with Crippen molar-refractivity contribution in [2.45, 2.75) is 32.1 Å². The highest BCUT2D eigenvalue weighted by Crippen LogP contribution is 2.30. The van der Waals surface area contributed by atoms with Gasteiger partial charge >= 0.3 is 5.97 Å². The Hall–Kier alpha value is -3.35. The van der Waals surface area contributed by atoms with Gasteiger partial charge in [-0.3, -0.25) is 4.79 Å². The summed E-state index contributed by atoms with van der Waals surface area (Å²) >= 11 is 0. The van der Waals surface area contributed by atoms with Gasteiger partial charge in [-0.1, -0.05) is 25.0 Å². The number of hydrogen-bond donors (Lipinski definition) is 1. The van der Waals surface area contributed by atoms with E-state index in [9.17, 15) is 4.79 Å². The first-order chi connectivity index (χ1) is 15.1. The Balaban J connectivity index is 1.67. The summed E-state index contributed by atoms with van der Waals surface area (Å²) in [7, 11) is 5.09. The van der Waals surface area contributed by atoms with Crippen molar-refractivity contribution in [3.63, 3.8) is 0 Å². The zero-order chi connectivity index (χ0) is 22.1. The molecule has 0 aliphatic heterocycles. The van der Waals surface area contributed by atoms with Gasteiger partial charge in [0, 0.05) is 31.1 Å². The van der Waals surface area contributed by atoms with Crippen molar-refractivity contribution in [2.75, 3.05) is 38.0 Å². The minimum absolute atomic E-state index is 0.142. The summed E-state index contributed by atoms with van der Waals surface area (Å²) < 4.78 is 9.93. The highest BCUT2D eigenvalue weighted by Gasteiger charge is 2.13. The topological polar surface area (TPSA) is 76.6 Å². The van der Waals surface area contributed by atoms with Crippen LogP contribution >= 0.6 is 0 Å². The van der Waals surface area contributed by atoms with Gasteiger partial charge in [-0.05, 0) is 49.2 Å². The van der Waals surface area contributed by atoms with Crippen LogP contribution in [0.1, 0.15) is 32.1 Å². The molecule has 0 atom stereocenters. The lowest BCUT2D eigenvalue weighted by Gasteiger charge is -2.21. The highest BCUT2D eigenvalue weighted by atomic mass is 16.5. The van der Waals surface area contributed by atoms with Gasteiger partial charge in [0.15, 0.2) is 0 Å². The van der Waals surface area contributed by atoms with Crippen LogP contribution in [0.3, 0.4) is 0 Å². The molecule has 0 aliphatic rings. The van der Waals surface area contributed by atoms with E-state index in [2.05, 4.69) is 19.9 Å². The van der Waals surface area contributed by atoms with Crippen molar-refractivity contribution in [2.24, 2.45) is 0 Å². The van der Waals surface area contributed by atoms with Gasteiger partial charge < -0.3 is 19.7 Å². The molecule has 0 fully saturated rings. The maximum Gasteiger partial charge on any atom is 0.305 e. The Labute approximate surface area is 183 Å². The van der Waals surface area contributed by atoms with Crippen molar-refractivity contribution in [3.05, 3.63) is 48.5 Å². The molecule has 0 spiro atoms. The van der Waals surface area contributed by atoms with Crippen LogP contribution in [0, 0.1) is 0 Å². The second-order valence-electron chi connectivity index (χ2n) is 7.31. The molecule has 7 heteroatoms. The molecule has 0 saturated carbocycles. The van der Waals surface area contributed by atoms with Crippen LogP contribution in [0.2, 0.25) is 0 Å². The van der Waals surface area contributed by atoms with Crippen LogP contribution in [-0.2, 0) is 9.53 Å². The third-order valence-electron chi connectivity index (χ3n) is 5.18. The number of unbranched alkanes of at least 4 members (excludes halogenated alkanes) is 3. The number of ether oxygens (including phenoxy) is 2. The normalized spacial score (nSPS) is 10.7. The number of nitrogens with one attached hydrogen (secondary N) is 1. The third kappa shape index (κ3) is 6.07. The number of carbonyl (C=O) groups is 1. The molecule has 1 N–H and O–H groups in total. The lowest BCUT2D eigenvalue weighted by molar-refractivity contribution is -0.140. The number of benzene rings is 2. The molecule has 0 radical (unpaired) electrons. The molecule has 7 nitrogen and oxygen atoms in total. The van der Waals surface area contributed by atoms with E-state index in [1.807, 2.05) is 55.6 Å². The van der Waals surface area contributed by atoms with Gasteiger partial charge in [0.2, 0.25) is 5.95 Å². The van der Waals surface area contributed by atoms with Gasteiger partial charge in [-0.2, -0.15) is 4.98 Å². The van der Waals surface area contributed by atoms with Crippen molar-refractivity contribution in [1.82, 2.24) is 9.97 Å². The average molecular weight is 423 g/mol. The first-order valence-electron chi connectivity index (χ1n) is 10.6. The number of anilines is 3. The van der Waals surface area contributed by atoms with E-state index in [4.69, 9.17) is 9.72 Å². The zero-order valence-corrected chi connectivity index (χ0v) is 18.4. The van der Waals surface area contributed by atoms with Crippen LogP contribution in [0.5, 0.6) is 5.75 Å². The quantitative estimate of drug-likeness (QED) is 0.346. The predicted octanol–water partition coefficient (Wildman–Crippen LogP) is 4.94. The third-order valence-corrected chi connectivity index (χ3v) is 5.18. The Bertz CT molecular complexity index is 992. The van der Waals surface area contributed by atoms with Crippen LogP contribution in [0.15, 0.2) is 48.5 Å². The lowest BCUT2D eigenvalue weighted by atomic mass is 10.1. The molecular formula is C24H30N4O3. The molecule has 164 valence electrons. The highest BCUT2D eigenvalue weighted by molar-refractivity contribution is 5.92. The lowest BCUT2D eigenvalue weighted by Crippen LogP contribution is -2.14. The molecule has 0 saturated heterocycles. The molecular weight excluding hydrogens is 392 g/mol. The van der Waals surface area contributed by atoms with Crippen molar-refractivity contribution in [1.29, 1.82) is 0 Å². The predicted molar refractivity (Wildman–Crippen MR) is 124 cm³/mol. The fourth-order valence-corrected chi connectivity index (χ4v) is 3.37. The summed E-state index contributed by atoms with van der Waals surface area (Å²) in [4.78, 5) is 22.7. The van der Waals surface area contributed by atoms with Crippen LogP contribution in [0.4, 0.5) is 17.5 Å². The molecule has 0 aliphatic carbocycles. The average Bonchev–Trinajstić information content (AvgIpc) is 2.82. The van der Waals surface area contributed by atoms with E-state index in [-0.39, 0.29) is 5.97 Å². The largest absolute Gasteiger partial charge is 0.497 e. The number of aromatic nitrogens is 2. The van der Waals surface area contributed by atoms with Crippen LogP contribution in [-0.4, -0.2) is 43.7 Å². The van der Waals surface area contributed by atoms with Gasteiger partial charge in [-0.25, -0.2) is 4.98 Å². The fourth-order valence-electron chi connectivity index (χ4n) is 3.37. The number of para-hydroxylation sites is 1. The number of carbonyl (C=O) groups excluding carboxylic acids is 1. The van der Waals surface area contributed by atoms with Crippen molar-refractivity contribution in [3.8, 4) is 5.75 Å². The minimum Gasteiger partial charge on any atom is -0.497 e. The second-order valence-corrected chi connectivity index (χ2v) is 7.31. The van der Waals surface area contributed by atoms with Gasteiger partial charge in [0.1, 0.15) is 11.6 Å². The molecule has 1 aromatic heterocycles. The van der Waals surface area contributed by atoms with Crippen LogP contribution < -0.4 is 15.0 Å². The Morgan fingerprint density at radius 2 is 1.71 bits per heavy atom. The molecule has 2 aromatic carbocycles. The molecule has 3 aromatic rings. The van der Waals surface area contributed by atoms with E-state index < -0.39 is 0 Å². The van der Waals surface area contributed by atoms with Gasteiger partial charge in [0.05, 0.1) is 19.7 Å².